The summed E-state index contributed by atoms with van der Waals surface area (Å²) in [7, 11) is 0. The number of benzene rings is 1. The van der Waals surface area contributed by atoms with Gasteiger partial charge in [-0.05, 0) is 35.2 Å². The fourth-order valence-electron chi connectivity index (χ4n) is 2.65. The van der Waals surface area contributed by atoms with Crippen LogP contribution in [0.1, 0.15) is 26.3 Å². The average molecular weight is 403 g/mol. The monoisotopic (exact) mass is 402 g/mol. The molecular weight excluding hydrogens is 380 g/mol. The fraction of sp³-hybridized carbons (Fsp3) is 0.300. The number of anilines is 2. The number of amides is 1. The number of hydrogen-bond donors (Lipinski definition) is 1. The third-order valence-electron chi connectivity index (χ3n) is 4.18. The molecule has 0 atom stereocenters. The first kappa shape index (κ1) is 19.6. The van der Waals surface area contributed by atoms with E-state index in [0.29, 0.717) is 18.1 Å². The number of nitrogens with zero attached hydrogens (tertiary/aromatic N) is 3. The van der Waals surface area contributed by atoms with Crippen LogP contribution in [0, 0.1) is 0 Å². The van der Waals surface area contributed by atoms with Gasteiger partial charge in [0.25, 0.3) is 0 Å². The van der Waals surface area contributed by atoms with E-state index in [-0.39, 0.29) is 10.7 Å². The van der Waals surface area contributed by atoms with E-state index < -0.39 is 0 Å². The highest BCUT2D eigenvalue weighted by atomic mass is 35.5. The van der Waals surface area contributed by atoms with Crippen molar-refractivity contribution >= 4 is 40.3 Å². The van der Waals surface area contributed by atoms with Gasteiger partial charge in [-0.25, -0.2) is 4.98 Å². The van der Waals surface area contributed by atoms with Crippen LogP contribution in [0.5, 0.6) is 0 Å². The predicted molar refractivity (Wildman–Crippen MR) is 114 cm³/mol. The first-order chi connectivity index (χ1) is 12.8. The van der Waals surface area contributed by atoms with Crippen LogP contribution in [0.15, 0.2) is 55.0 Å². The zero-order valence-corrected chi connectivity index (χ0v) is 17.2. The van der Waals surface area contributed by atoms with Gasteiger partial charge in [-0.2, -0.15) is 0 Å². The maximum atomic E-state index is 12.3. The predicted octanol–water partition coefficient (Wildman–Crippen LogP) is 5.51. The quantitative estimate of drug-likeness (QED) is 0.686. The molecule has 1 aliphatic heterocycles. The number of carbonyl (C=O) groups is 1. The summed E-state index contributed by atoms with van der Waals surface area (Å²) in [5.41, 5.74) is 2.13. The molecule has 0 bridgehead atoms. The van der Waals surface area contributed by atoms with E-state index in [1.807, 2.05) is 39.8 Å². The van der Waals surface area contributed by atoms with Gasteiger partial charge in [0.2, 0.25) is 0 Å². The first-order valence-electron chi connectivity index (χ1n) is 8.74. The number of aromatic nitrogens is 1. The lowest BCUT2D eigenvalue weighted by Gasteiger charge is -2.29. The van der Waals surface area contributed by atoms with Gasteiger partial charge in [0.15, 0.2) is 5.82 Å². The van der Waals surface area contributed by atoms with Crippen LogP contribution in [0.25, 0.3) is 0 Å². The van der Waals surface area contributed by atoms with Gasteiger partial charge < -0.3 is 14.5 Å². The molecular formula is C20H23ClN4OS. The molecule has 0 saturated carbocycles. The van der Waals surface area contributed by atoms with E-state index >= 15 is 0 Å². The molecule has 5 nitrogen and oxygen atoms in total. The summed E-state index contributed by atoms with van der Waals surface area (Å²) in [5.74, 6) is 0.725. The molecule has 2 heterocycles. The molecule has 3 rings (SSSR count). The largest absolute Gasteiger partial charge is 0.328 e. The Morgan fingerprint density at radius 1 is 1.15 bits per heavy atom. The second-order valence-electron chi connectivity index (χ2n) is 7.27. The second-order valence-corrected chi connectivity index (χ2v) is 8.70. The maximum absolute atomic E-state index is 12.3. The van der Waals surface area contributed by atoms with Gasteiger partial charge >= 0.3 is 5.24 Å². The van der Waals surface area contributed by atoms with E-state index in [1.54, 1.807) is 12.3 Å². The van der Waals surface area contributed by atoms with Crippen molar-refractivity contribution in [1.29, 1.82) is 0 Å². The normalized spacial score (nSPS) is 14.4. The summed E-state index contributed by atoms with van der Waals surface area (Å²) in [6.45, 7) is 7.89. The van der Waals surface area contributed by atoms with Crippen LogP contribution in [0.2, 0.25) is 5.02 Å². The summed E-state index contributed by atoms with van der Waals surface area (Å²) in [6, 6.07) is 11.6. The molecule has 2 aromatic rings. The van der Waals surface area contributed by atoms with Crippen molar-refractivity contribution in [3.05, 3.63) is 65.6 Å². The van der Waals surface area contributed by atoms with Crippen molar-refractivity contribution in [2.45, 2.75) is 26.2 Å². The minimum Gasteiger partial charge on any atom is -0.328 e. The van der Waals surface area contributed by atoms with Crippen molar-refractivity contribution in [2.24, 2.45) is 0 Å². The van der Waals surface area contributed by atoms with Gasteiger partial charge in [-0.15, -0.1) is 0 Å². The molecule has 27 heavy (non-hydrogen) atoms. The number of rotatable bonds is 3. The summed E-state index contributed by atoms with van der Waals surface area (Å²) in [4.78, 5) is 18.6. The zero-order valence-electron chi connectivity index (χ0n) is 15.6. The molecule has 0 saturated heterocycles. The van der Waals surface area contributed by atoms with Crippen LogP contribution in [-0.4, -0.2) is 27.6 Å². The van der Waals surface area contributed by atoms with Crippen LogP contribution >= 0.6 is 23.5 Å². The molecule has 0 unspecified atom stereocenters. The molecule has 7 heteroatoms. The lowest BCUT2D eigenvalue weighted by atomic mass is 9.87. The van der Waals surface area contributed by atoms with E-state index in [2.05, 4.69) is 43.2 Å². The van der Waals surface area contributed by atoms with E-state index in [9.17, 15) is 4.79 Å². The molecule has 1 amide bonds. The standard InChI is InChI=1S/C20H23ClN4OS/c1-20(2,3)15-6-8-16(9-7-15)23-19(26)27-25-13-11-24(12-14-25)18-17(21)5-4-10-22-18/h4-11,13H,12,14H2,1-3H3,(H,23,26). The van der Waals surface area contributed by atoms with Crippen LogP contribution in [-0.2, 0) is 5.41 Å². The number of hydrogen-bond acceptors (Lipinski definition) is 5. The van der Waals surface area contributed by atoms with Crippen molar-refractivity contribution in [3.8, 4) is 0 Å². The molecule has 1 aromatic carbocycles. The highest BCUT2D eigenvalue weighted by Crippen LogP contribution is 2.27. The minimum absolute atomic E-state index is 0.0955. The third kappa shape index (κ3) is 5.17. The molecule has 0 radical (unpaired) electrons. The Balaban J connectivity index is 1.55. The third-order valence-corrected chi connectivity index (χ3v) is 5.28. The van der Waals surface area contributed by atoms with Gasteiger partial charge in [0.1, 0.15) is 0 Å². The molecule has 0 aliphatic carbocycles. The summed E-state index contributed by atoms with van der Waals surface area (Å²) >= 11 is 7.33. The Hall–Kier alpha value is -2.18. The Morgan fingerprint density at radius 3 is 2.48 bits per heavy atom. The van der Waals surface area contributed by atoms with Crippen LogP contribution in [0.3, 0.4) is 0 Å². The van der Waals surface area contributed by atoms with E-state index in [4.69, 9.17) is 11.6 Å². The van der Waals surface area contributed by atoms with E-state index in [0.717, 1.165) is 23.5 Å². The Labute approximate surface area is 169 Å². The molecule has 1 aliphatic rings. The zero-order chi connectivity index (χ0) is 19.4. The fourth-order valence-corrected chi connectivity index (χ4v) is 3.55. The number of halogens is 1. The average Bonchev–Trinajstić information content (AvgIpc) is 2.62. The van der Waals surface area contributed by atoms with Gasteiger partial charge in [0, 0.05) is 37.4 Å². The van der Waals surface area contributed by atoms with Gasteiger partial charge in [0.05, 0.1) is 17.0 Å². The van der Waals surface area contributed by atoms with Crippen molar-refractivity contribution in [3.63, 3.8) is 0 Å². The van der Waals surface area contributed by atoms with Gasteiger partial charge in [-0.1, -0.05) is 44.5 Å². The SMILES string of the molecule is CC(C)(C)c1ccc(NC(=O)SN2C=CN(c3ncccc3Cl)CC2)cc1. The minimum atomic E-state index is -0.118. The molecule has 0 fully saturated rings. The topological polar surface area (TPSA) is 48.5 Å². The number of carbonyl (C=O) groups excluding carboxylic acids is 1. The molecule has 1 aromatic heterocycles. The Bertz CT molecular complexity index is 833. The second kappa shape index (κ2) is 8.23. The van der Waals surface area contributed by atoms with Crippen molar-refractivity contribution in [2.75, 3.05) is 23.3 Å². The lowest BCUT2D eigenvalue weighted by molar-refractivity contribution is 0.269. The van der Waals surface area contributed by atoms with Crippen molar-refractivity contribution in [1.82, 2.24) is 9.29 Å². The molecule has 0 spiro atoms. The van der Waals surface area contributed by atoms with Crippen molar-refractivity contribution < 1.29 is 4.79 Å². The van der Waals surface area contributed by atoms with Crippen LogP contribution in [0.4, 0.5) is 16.3 Å². The van der Waals surface area contributed by atoms with Gasteiger partial charge in [-0.3, -0.25) is 4.79 Å². The lowest BCUT2D eigenvalue weighted by Crippen LogP contribution is -2.33. The molecule has 142 valence electrons. The number of pyridine rings is 1. The highest BCUT2D eigenvalue weighted by molar-refractivity contribution is 8.11. The smallest absolute Gasteiger partial charge is 0.304 e. The van der Waals surface area contributed by atoms with E-state index in [1.165, 1.54) is 5.56 Å². The summed E-state index contributed by atoms with van der Waals surface area (Å²) in [5, 5.41) is 3.41. The summed E-state index contributed by atoms with van der Waals surface area (Å²) < 4.78 is 1.90. The van der Waals surface area contributed by atoms with Crippen LogP contribution < -0.4 is 10.2 Å². The maximum Gasteiger partial charge on any atom is 0.304 e. The Kier molecular flexibility index (Phi) is 5.97. The molecule has 1 N–H and O–H groups in total. The Morgan fingerprint density at radius 2 is 1.89 bits per heavy atom. The highest BCUT2D eigenvalue weighted by Gasteiger charge is 2.18. The number of nitrogens with one attached hydrogen (secondary N) is 1. The summed E-state index contributed by atoms with van der Waals surface area (Å²) in [6.07, 6.45) is 5.46. The first-order valence-corrected chi connectivity index (χ1v) is 9.90.